The number of pyridine rings is 1. The molecule has 0 saturated carbocycles. The van der Waals surface area contributed by atoms with Crippen molar-refractivity contribution in [2.45, 2.75) is 35.6 Å². The second-order valence-electron chi connectivity index (χ2n) is 6.03. The van der Waals surface area contributed by atoms with Crippen molar-refractivity contribution in [2.24, 2.45) is 0 Å². The summed E-state index contributed by atoms with van der Waals surface area (Å²) >= 11 is 8.10. The van der Waals surface area contributed by atoms with Gasteiger partial charge in [-0.1, -0.05) is 11.6 Å². The van der Waals surface area contributed by atoms with E-state index < -0.39 is 12.6 Å². The Kier molecular flexibility index (Phi) is 5.57. The Morgan fingerprint density at radius 1 is 1.21 bits per heavy atom. The highest BCUT2D eigenvalue weighted by molar-refractivity contribution is 8.00. The fourth-order valence-electron chi connectivity index (χ4n) is 2.89. The first-order chi connectivity index (χ1) is 11.4. The maximum atomic E-state index is 12.3. The van der Waals surface area contributed by atoms with Gasteiger partial charge >= 0.3 is 6.18 Å². The van der Waals surface area contributed by atoms with Crippen LogP contribution in [-0.4, -0.2) is 40.9 Å². The van der Waals surface area contributed by atoms with Crippen LogP contribution in [0.15, 0.2) is 35.5 Å². The van der Waals surface area contributed by atoms with Crippen LogP contribution < -0.4 is 0 Å². The quantitative estimate of drug-likeness (QED) is 0.713. The molecule has 0 aliphatic carbocycles. The standard InChI is InChI=1S/C17H18ClF3N2S/c18-15-9-13-11-22-5-1-12(13)10-16(15)24-14-2-6-23(7-3-14)8-4-17(19,20)21/h1,5,9-11,14H,2-4,6-8H2. The van der Waals surface area contributed by atoms with Gasteiger partial charge in [-0.25, -0.2) is 0 Å². The maximum absolute atomic E-state index is 12.3. The van der Waals surface area contributed by atoms with Gasteiger partial charge in [-0.3, -0.25) is 4.98 Å². The van der Waals surface area contributed by atoms with Crippen LogP contribution in [0.5, 0.6) is 0 Å². The number of rotatable bonds is 4. The fourth-order valence-corrected chi connectivity index (χ4v) is 4.37. The molecule has 1 aromatic carbocycles. The Labute approximate surface area is 148 Å². The number of benzene rings is 1. The lowest BCUT2D eigenvalue weighted by Crippen LogP contribution is -2.36. The second-order valence-corrected chi connectivity index (χ2v) is 7.78. The molecule has 0 unspecified atom stereocenters. The van der Waals surface area contributed by atoms with Crippen LogP contribution in [-0.2, 0) is 0 Å². The molecule has 2 nitrogen and oxygen atoms in total. The maximum Gasteiger partial charge on any atom is 0.390 e. The summed E-state index contributed by atoms with van der Waals surface area (Å²) in [5.41, 5.74) is 0. The number of hydrogen-bond donors (Lipinski definition) is 0. The number of nitrogens with zero attached hydrogens (tertiary/aromatic N) is 2. The lowest BCUT2D eigenvalue weighted by atomic mass is 10.1. The third kappa shape index (κ3) is 4.77. The number of likely N-dealkylation sites (tertiary alicyclic amines) is 1. The van der Waals surface area contributed by atoms with Crippen LogP contribution in [0.1, 0.15) is 19.3 Å². The highest BCUT2D eigenvalue weighted by Crippen LogP contribution is 2.37. The summed E-state index contributed by atoms with van der Waals surface area (Å²) in [5, 5.41) is 3.21. The smallest absolute Gasteiger partial charge is 0.303 e. The summed E-state index contributed by atoms with van der Waals surface area (Å²) in [7, 11) is 0. The van der Waals surface area contributed by atoms with E-state index in [4.69, 9.17) is 11.6 Å². The van der Waals surface area contributed by atoms with Gasteiger partial charge in [-0.15, -0.1) is 11.8 Å². The summed E-state index contributed by atoms with van der Waals surface area (Å²) in [6, 6.07) is 5.94. The Balaban J connectivity index is 1.57. The van der Waals surface area contributed by atoms with Crippen molar-refractivity contribution in [3.8, 4) is 0 Å². The monoisotopic (exact) mass is 374 g/mol. The first-order valence-corrected chi connectivity index (χ1v) is 9.15. The molecular formula is C17H18ClF3N2S. The molecule has 0 N–H and O–H groups in total. The molecule has 0 radical (unpaired) electrons. The molecule has 2 heterocycles. The average molecular weight is 375 g/mol. The number of thioether (sulfide) groups is 1. The van der Waals surface area contributed by atoms with Crippen LogP contribution >= 0.6 is 23.4 Å². The van der Waals surface area contributed by atoms with E-state index in [9.17, 15) is 13.2 Å². The van der Waals surface area contributed by atoms with E-state index in [1.165, 1.54) is 0 Å². The van der Waals surface area contributed by atoms with E-state index in [0.717, 1.165) is 28.5 Å². The fraction of sp³-hybridized carbons (Fsp3) is 0.471. The van der Waals surface area contributed by atoms with Gasteiger partial charge in [0.05, 0.1) is 11.4 Å². The molecule has 1 aliphatic rings. The largest absolute Gasteiger partial charge is 0.390 e. The number of fused-ring (bicyclic) bond motifs is 1. The molecule has 0 bridgehead atoms. The van der Waals surface area contributed by atoms with Crippen LogP contribution in [0.4, 0.5) is 13.2 Å². The molecule has 24 heavy (non-hydrogen) atoms. The van der Waals surface area contributed by atoms with E-state index in [1.54, 1.807) is 24.2 Å². The zero-order chi connectivity index (χ0) is 17.2. The van der Waals surface area contributed by atoms with E-state index in [2.05, 4.69) is 11.1 Å². The van der Waals surface area contributed by atoms with Gasteiger partial charge in [0.1, 0.15) is 0 Å². The normalized spacial score (nSPS) is 17.5. The van der Waals surface area contributed by atoms with E-state index >= 15 is 0 Å². The molecule has 0 atom stereocenters. The zero-order valence-electron chi connectivity index (χ0n) is 13.0. The minimum Gasteiger partial charge on any atom is -0.303 e. The van der Waals surface area contributed by atoms with Crippen molar-refractivity contribution in [1.29, 1.82) is 0 Å². The predicted molar refractivity (Wildman–Crippen MR) is 92.7 cm³/mol. The molecular weight excluding hydrogens is 357 g/mol. The number of alkyl halides is 3. The van der Waals surface area contributed by atoms with E-state index in [1.807, 2.05) is 17.0 Å². The number of hydrogen-bond acceptors (Lipinski definition) is 3. The summed E-state index contributed by atoms with van der Waals surface area (Å²) in [5.74, 6) is 0. The third-order valence-electron chi connectivity index (χ3n) is 4.23. The van der Waals surface area contributed by atoms with E-state index in [-0.39, 0.29) is 6.54 Å². The Morgan fingerprint density at radius 2 is 1.96 bits per heavy atom. The van der Waals surface area contributed by atoms with Gasteiger partial charge in [0.15, 0.2) is 0 Å². The van der Waals surface area contributed by atoms with E-state index in [0.29, 0.717) is 23.4 Å². The lowest BCUT2D eigenvalue weighted by Gasteiger charge is -2.31. The SMILES string of the molecule is FC(F)(F)CCN1CCC(Sc2cc3ccncc3cc2Cl)CC1. The van der Waals surface area contributed by atoms with Crippen molar-refractivity contribution in [3.05, 3.63) is 35.6 Å². The molecule has 1 fully saturated rings. The molecule has 1 saturated heterocycles. The third-order valence-corrected chi connectivity index (χ3v) is 6.05. The van der Waals surface area contributed by atoms with Gasteiger partial charge < -0.3 is 4.90 Å². The van der Waals surface area contributed by atoms with Gasteiger partial charge in [-0.2, -0.15) is 13.2 Å². The van der Waals surface area contributed by atoms with Crippen molar-refractivity contribution < 1.29 is 13.2 Å². The van der Waals surface area contributed by atoms with Gasteiger partial charge in [0, 0.05) is 34.5 Å². The molecule has 7 heteroatoms. The summed E-state index contributed by atoms with van der Waals surface area (Å²) in [4.78, 5) is 7.02. The summed E-state index contributed by atoms with van der Waals surface area (Å²) < 4.78 is 36.9. The minimum atomic E-state index is -4.07. The Morgan fingerprint density at radius 3 is 2.67 bits per heavy atom. The summed E-state index contributed by atoms with van der Waals surface area (Å²) in [6.45, 7) is 1.52. The summed E-state index contributed by atoms with van der Waals surface area (Å²) in [6.07, 6.45) is 0.507. The van der Waals surface area contributed by atoms with Gasteiger partial charge in [0.25, 0.3) is 0 Å². The van der Waals surface area contributed by atoms with Gasteiger partial charge in [-0.05, 0) is 49.5 Å². The van der Waals surface area contributed by atoms with Crippen molar-refractivity contribution >= 4 is 34.1 Å². The van der Waals surface area contributed by atoms with Crippen LogP contribution in [0.3, 0.4) is 0 Å². The molecule has 1 aliphatic heterocycles. The Hall–Kier alpha value is -0.980. The molecule has 130 valence electrons. The van der Waals surface area contributed by atoms with Crippen molar-refractivity contribution in [2.75, 3.05) is 19.6 Å². The van der Waals surface area contributed by atoms with Crippen molar-refractivity contribution in [3.63, 3.8) is 0 Å². The number of piperidine rings is 1. The second kappa shape index (κ2) is 7.50. The zero-order valence-corrected chi connectivity index (χ0v) is 14.6. The molecule has 0 amide bonds. The first kappa shape index (κ1) is 17.8. The molecule has 3 rings (SSSR count). The molecule has 2 aromatic rings. The topological polar surface area (TPSA) is 16.1 Å². The molecule has 0 spiro atoms. The number of halogens is 4. The van der Waals surface area contributed by atoms with Crippen LogP contribution in [0.2, 0.25) is 5.02 Å². The number of aromatic nitrogens is 1. The van der Waals surface area contributed by atoms with Crippen molar-refractivity contribution in [1.82, 2.24) is 9.88 Å². The van der Waals surface area contributed by atoms with Crippen LogP contribution in [0.25, 0.3) is 10.8 Å². The Bertz CT molecular complexity index is 700. The predicted octanol–water partition coefficient (Wildman–Crippen LogP) is 5.40. The highest BCUT2D eigenvalue weighted by Gasteiger charge is 2.29. The minimum absolute atomic E-state index is 0.102. The molecule has 1 aromatic heterocycles. The highest BCUT2D eigenvalue weighted by atomic mass is 35.5. The lowest BCUT2D eigenvalue weighted by molar-refractivity contribution is -0.138. The average Bonchev–Trinajstić information content (AvgIpc) is 2.54. The first-order valence-electron chi connectivity index (χ1n) is 7.90. The van der Waals surface area contributed by atoms with Gasteiger partial charge in [0.2, 0.25) is 0 Å². The van der Waals surface area contributed by atoms with Crippen LogP contribution in [0, 0.1) is 0 Å².